The molecule has 3 aliphatic heterocycles. The van der Waals surface area contributed by atoms with Gasteiger partial charge in [0.05, 0.1) is 22.3 Å². The number of ether oxygens (including phenoxy) is 3. The zero-order valence-corrected chi connectivity index (χ0v) is 25.2. The zero-order valence-electron chi connectivity index (χ0n) is 23.6. The Kier molecular flexibility index (Phi) is 6.02. The number of rotatable bonds is 8. The molecule has 12 nitrogen and oxygen atoms in total. The lowest BCUT2D eigenvalue weighted by Gasteiger charge is -2.57. The molecular formula is C27H38O12S2. The molecule has 5 unspecified atom stereocenters. The van der Waals surface area contributed by atoms with Crippen molar-refractivity contribution in [2.45, 2.75) is 109 Å². The summed E-state index contributed by atoms with van der Waals surface area (Å²) in [5.41, 5.74) is -3.20. The molecule has 11 atom stereocenters. The van der Waals surface area contributed by atoms with Crippen molar-refractivity contribution in [3.8, 4) is 0 Å². The summed E-state index contributed by atoms with van der Waals surface area (Å²) < 4.78 is 82.2. The van der Waals surface area contributed by atoms with E-state index in [9.17, 15) is 31.5 Å². The number of Topliss-reactive ketones (excluding diaryl/α,β-unsaturated/α-hetero) is 2. The Hall–Kier alpha value is -1.00. The first-order chi connectivity index (χ1) is 18.9. The van der Waals surface area contributed by atoms with Gasteiger partial charge in [-0.1, -0.05) is 27.7 Å². The molecule has 0 aromatic heterocycles. The topological polar surface area (TPSA) is 169 Å². The van der Waals surface area contributed by atoms with Crippen molar-refractivity contribution < 1.29 is 54.1 Å². The third-order valence-electron chi connectivity index (χ3n) is 12.4. The molecule has 8 fully saturated rings. The van der Waals surface area contributed by atoms with Gasteiger partial charge in [0.25, 0.3) is 26.7 Å². The molecule has 1 N–H and O–H groups in total. The van der Waals surface area contributed by atoms with Crippen molar-refractivity contribution in [1.82, 2.24) is 0 Å². The van der Waals surface area contributed by atoms with Crippen LogP contribution in [0.5, 0.6) is 0 Å². The highest BCUT2D eigenvalue weighted by Crippen LogP contribution is 2.65. The second kappa shape index (κ2) is 8.58. The van der Waals surface area contributed by atoms with Crippen LogP contribution in [-0.4, -0.2) is 88.1 Å². The summed E-state index contributed by atoms with van der Waals surface area (Å²) in [6, 6.07) is 0. The van der Waals surface area contributed by atoms with Gasteiger partial charge < -0.3 is 19.3 Å². The summed E-state index contributed by atoms with van der Waals surface area (Å²) >= 11 is 0. The first-order valence-electron chi connectivity index (χ1n) is 14.5. The van der Waals surface area contributed by atoms with E-state index in [1.165, 1.54) is 0 Å². The minimum Gasteiger partial charge on any atom is -0.387 e. The SMILES string of the molecule is CC1(C)C2CC[C@@]1(CS(=O)(=O)O[C@@H]1C3OC4O[C@@H]1C(O)[C@H](O4)[C@H]3OS(=O)(=O)C[C@]13CCC(CC1=O)C3(C)C)C(=O)C2. The van der Waals surface area contributed by atoms with E-state index in [2.05, 4.69) is 0 Å². The Morgan fingerprint density at radius 3 is 1.46 bits per heavy atom. The molecule has 0 amide bonds. The molecule has 5 saturated carbocycles. The number of aliphatic hydroxyl groups is 1. The molecule has 3 saturated heterocycles. The Bertz CT molecular complexity index is 1300. The fourth-order valence-corrected chi connectivity index (χ4v) is 13.3. The molecule has 3 heterocycles. The third-order valence-corrected chi connectivity index (χ3v) is 15.1. The van der Waals surface area contributed by atoms with E-state index in [-0.39, 0.29) is 23.4 Å². The van der Waals surface area contributed by atoms with Crippen LogP contribution < -0.4 is 0 Å². The highest BCUT2D eigenvalue weighted by Gasteiger charge is 2.69. The summed E-state index contributed by atoms with van der Waals surface area (Å²) in [5.74, 6) is -1.04. The number of carbonyl (C=O) groups excluding carboxylic acids is 2. The predicted molar refractivity (Wildman–Crippen MR) is 139 cm³/mol. The van der Waals surface area contributed by atoms with Crippen LogP contribution in [-0.2, 0) is 52.4 Å². The largest absolute Gasteiger partial charge is 0.387 e. The average Bonchev–Trinajstić information content (AvgIpc) is 3.38. The van der Waals surface area contributed by atoms with Gasteiger partial charge in [0.15, 0.2) is 0 Å². The van der Waals surface area contributed by atoms with Gasteiger partial charge in [-0.15, -0.1) is 0 Å². The van der Waals surface area contributed by atoms with Crippen LogP contribution in [0.15, 0.2) is 0 Å². The number of carbonyl (C=O) groups is 2. The highest BCUT2D eigenvalue weighted by atomic mass is 32.2. The summed E-state index contributed by atoms with van der Waals surface area (Å²) in [7, 11) is -8.76. The first kappa shape index (κ1) is 28.8. The summed E-state index contributed by atoms with van der Waals surface area (Å²) in [5, 5.41) is 11.0. The second-order valence-electron chi connectivity index (χ2n) is 14.4. The van der Waals surface area contributed by atoms with Crippen LogP contribution in [0.1, 0.15) is 66.2 Å². The lowest BCUT2D eigenvalue weighted by Crippen LogP contribution is -2.76. The molecule has 0 aromatic rings. The van der Waals surface area contributed by atoms with Gasteiger partial charge in [0, 0.05) is 12.8 Å². The molecule has 41 heavy (non-hydrogen) atoms. The Morgan fingerprint density at radius 1 is 0.732 bits per heavy atom. The van der Waals surface area contributed by atoms with Gasteiger partial charge in [-0.05, 0) is 48.3 Å². The van der Waals surface area contributed by atoms with Crippen LogP contribution >= 0.6 is 0 Å². The van der Waals surface area contributed by atoms with Crippen LogP contribution in [0.4, 0.5) is 0 Å². The molecule has 8 rings (SSSR count). The highest BCUT2D eigenvalue weighted by molar-refractivity contribution is 7.87. The maximum absolute atomic E-state index is 13.5. The maximum Gasteiger partial charge on any atom is 0.272 e. The monoisotopic (exact) mass is 618 g/mol. The second-order valence-corrected chi connectivity index (χ2v) is 17.6. The van der Waals surface area contributed by atoms with E-state index < -0.39 is 96.5 Å². The fraction of sp³-hybridized carbons (Fsp3) is 0.926. The van der Waals surface area contributed by atoms with Gasteiger partial charge >= 0.3 is 0 Å². The van der Waals surface area contributed by atoms with E-state index in [1.807, 2.05) is 27.7 Å². The molecule has 8 aliphatic rings. The summed E-state index contributed by atoms with van der Waals surface area (Å²) in [6.45, 7) is 6.41. The molecule has 8 bridgehead atoms. The molecule has 14 heteroatoms. The van der Waals surface area contributed by atoms with E-state index in [0.717, 1.165) is 12.8 Å². The molecular weight excluding hydrogens is 580 g/mol. The quantitative estimate of drug-likeness (QED) is 0.384. The number of hydrogen-bond donors (Lipinski definition) is 1. The third kappa shape index (κ3) is 3.77. The van der Waals surface area contributed by atoms with Crippen molar-refractivity contribution >= 4 is 31.8 Å². The minimum atomic E-state index is -4.38. The number of hydrogen-bond acceptors (Lipinski definition) is 12. The van der Waals surface area contributed by atoms with E-state index in [4.69, 9.17) is 22.6 Å². The van der Waals surface area contributed by atoms with Gasteiger partial charge in [0.2, 0.25) is 0 Å². The van der Waals surface area contributed by atoms with Crippen LogP contribution in [0, 0.1) is 33.5 Å². The molecule has 230 valence electrons. The lowest BCUT2D eigenvalue weighted by molar-refractivity contribution is -0.476. The van der Waals surface area contributed by atoms with Crippen LogP contribution in [0.3, 0.4) is 0 Å². The number of aliphatic hydroxyl groups excluding tert-OH is 1. The van der Waals surface area contributed by atoms with Crippen molar-refractivity contribution in [3.05, 3.63) is 0 Å². The predicted octanol–water partition coefficient (Wildman–Crippen LogP) is 1.05. The van der Waals surface area contributed by atoms with Crippen molar-refractivity contribution in [1.29, 1.82) is 0 Å². The number of ketones is 2. The van der Waals surface area contributed by atoms with Crippen molar-refractivity contribution in [2.24, 2.45) is 33.5 Å². The van der Waals surface area contributed by atoms with E-state index in [0.29, 0.717) is 25.7 Å². The maximum atomic E-state index is 13.5. The summed E-state index contributed by atoms with van der Waals surface area (Å²) in [4.78, 5) is 26.0. The summed E-state index contributed by atoms with van der Waals surface area (Å²) in [6.07, 6.45) is -4.89. The van der Waals surface area contributed by atoms with Crippen molar-refractivity contribution in [2.75, 3.05) is 11.5 Å². The van der Waals surface area contributed by atoms with Gasteiger partial charge in [-0.2, -0.15) is 16.8 Å². The Labute approximate surface area is 240 Å². The van der Waals surface area contributed by atoms with Crippen LogP contribution in [0.2, 0.25) is 0 Å². The fourth-order valence-electron chi connectivity index (χ4n) is 9.53. The average molecular weight is 619 g/mol. The van der Waals surface area contributed by atoms with E-state index in [1.54, 1.807) is 0 Å². The Balaban J connectivity index is 1.14. The lowest BCUT2D eigenvalue weighted by atomic mass is 9.70. The first-order valence-corrected chi connectivity index (χ1v) is 17.6. The number of fused-ring (bicyclic) bond motifs is 4. The van der Waals surface area contributed by atoms with Gasteiger partial charge in [0.1, 0.15) is 48.2 Å². The normalized spacial score (nSPS) is 49.0. The minimum absolute atomic E-state index is 0.0952. The Morgan fingerprint density at radius 2 is 1.12 bits per heavy atom. The molecule has 5 aliphatic carbocycles. The van der Waals surface area contributed by atoms with Gasteiger partial charge in [-0.3, -0.25) is 18.0 Å². The smallest absolute Gasteiger partial charge is 0.272 e. The van der Waals surface area contributed by atoms with Crippen LogP contribution in [0.25, 0.3) is 0 Å². The van der Waals surface area contributed by atoms with Crippen molar-refractivity contribution in [3.63, 3.8) is 0 Å². The molecule has 0 radical (unpaired) electrons. The molecule has 0 spiro atoms. The van der Waals surface area contributed by atoms with Gasteiger partial charge in [-0.25, -0.2) is 0 Å². The molecule has 0 aromatic carbocycles. The zero-order chi connectivity index (χ0) is 29.5. The van der Waals surface area contributed by atoms with E-state index >= 15 is 0 Å². The standard InChI is InChI=1S/C27H38O12S2/c1-24(2)13-5-7-26(24,15(28)9-13)11-40(31,32)38-21-18-17(30)19-22(20(21)37-23(35-18)36-19)39-41(33,34)12-27-8-6-14(10-16(27)29)25(27,3)4/h13-14,17-23,30H,5-12H2,1-4H3/t13?,14?,17?,18-,19+,20?,21+,22-,23?,26-,27-/m1/s1.